The van der Waals surface area contributed by atoms with Crippen molar-refractivity contribution in [3.8, 4) is 0 Å². The van der Waals surface area contributed by atoms with Crippen molar-refractivity contribution in [1.82, 2.24) is 14.1 Å². The summed E-state index contributed by atoms with van der Waals surface area (Å²) in [5, 5.41) is -0.506. The molecule has 0 unspecified atom stereocenters. The number of carbonyl (C=O) groups excluding carboxylic acids is 1. The van der Waals surface area contributed by atoms with Crippen LogP contribution in [-0.2, 0) is 10.0 Å². The third kappa shape index (κ3) is 4.10. The fourth-order valence-corrected chi connectivity index (χ4v) is 5.86. The maximum Gasteiger partial charge on any atom is 0.253 e. The number of piperidine rings is 2. The summed E-state index contributed by atoms with van der Waals surface area (Å²) in [5.41, 5.74) is 0.620. The number of carbonyl (C=O) groups is 1. The SMILES string of the molecule is CN1CCC(N(C)S(=O)(=O)[C@@H]2CCCN(C(=O)c3ccccc3)C2)CC1. The highest BCUT2D eigenvalue weighted by atomic mass is 32.2. The van der Waals surface area contributed by atoms with Crippen molar-refractivity contribution in [2.24, 2.45) is 0 Å². The van der Waals surface area contributed by atoms with Crippen molar-refractivity contribution >= 4 is 15.9 Å². The number of likely N-dealkylation sites (tertiary alicyclic amines) is 2. The molecule has 0 saturated carbocycles. The second-order valence-corrected chi connectivity index (χ2v) is 9.75. The molecule has 2 fully saturated rings. The van der Waals surface area contributed by atoms with E-state index in [2.05, 4.69) is 11.9 Å². The van der Waals surface area contributed by atoms with Gasteiger partial charge < -0.3 is 9.80 Å². The van der Waals surface area contributed by atoms with E-state index in [9.17, 15) is 13.2 Å². The fourth-order valence-electron chi connectivity index (χ4n) is 3.93. The van der Waals surface area contributed by atoms with Gasteiger partial charge in [0.1, 0.15) is 0 Å². The predicted octanol–water partition coefficient (Wildman–Crippen LogP) is 1.65. The average Bonchev–Trinajstić information content (AvgIpc) is 2.68. The quantitative estimate of drug-likeness (QED) is 0.798. The number of hydrogen-bond acceptors (Lipinski definition) is 4. The minimum atomic E-state index is -3.41. The first-order valence-corrected chi connectivity index (χ1v) is 10.9. The number of nitrogens with zero attached hydrogens (tertiary/aromatic N) is 3. The van der Waals surface area contributed by atoms with Gasteiger partial charge in [-0.05, 0) is 58.0 Å². The lowest BCUT2D eigenvalue weighted by Crippen LogP contribution is -2.52. The van der Waals surface area contributed by atoms with Gasteiger partial charge in [0.05, 0.1) is 5.25 Å². The van der Waals surface area contributed by atoms with Crippen molar-refractivity contribution in [3.63, 3.8) is 0 Å². The van der Waals surface area contributed by atoms with E-state index in [0.717, 1.165) is 32.4 Å². The lowest BCUT2D eigenvalue weighted by atomic mass is 10.1. The molecular weight excluding hydrogens is 350 g/mol. The number of amides is 1. The summed E-state index contributed by atoms with van der Waals surface area (Å²) in [6.45, 7) is 2.76. The Morgan fingerprint density at radius 1 is 1.08 bits per heavy atom. The molecule has 144 valence electrons. The highest BCUT2D eigenvalue weighted by molar-refractivity contribution is 7.89. The van der Waals surface area contributed by atoms with Gasteiger partial charge in [0.15, 0.2) is 0 Å². The molecular formula is C19H29N3O3S. The molecule has 7 heteroatoms. The van der Waals surface area contributed by atoms with Crippen LogP contribution in [0.15, 0.2) is 30.3 Å². The standard InChI is InChI=1S/C19H29N3O3S/c1-20-13-10-17(11-14-20)21(2)26(24,25)18-9-6-12-22(15-18)19(23)16-7-4-3-5-8-16/h3-5,7-8,17-18H,6,9-15H2,1-2H3/t18-/m1/s1. The zero-order valence-electron chi connectivity index (χ0n) is 15.7. The minimum absolute atomic E-state index is 0.0661. The molecule has 0 aliphatic carbocycles. The van der Waals surface area contributed by atoms with Crippen LogP contribution in [0, 0.1) is 0 Å². The van der Waals surface area contributed by atoms with E-state index >= 15 is 0 Å². The zero-order chi connectivity index (χ0) is 18.7. The Morgan fingerprint density at radius 2 is 1.73 bits per heavy atom. The fraction of sp³-hybridized carbons (Fsp3) is 0.632. The third-order valence-electron chi connectivity index (χ3n) is 5.71. The second kappa shape index (κ2) is 8.06. The summed E-state index contributed by atoms with van der Waals surface area (Å²) in [7, 11) is 0.373. The topological polar surface area (TPSA) is 60.9 Å². The molecule has 2 aliphatic rings. The van der Waals surface area contributed by atoms with E-state index < -0.39 is 15.3 Å². The van der Waals surface area contributed by atoms with Crippen LogP contribution in [0.4, 0.5) is 0 Å². The van der Waals surface area contributed by atoms with Crippen molar-refractivity contribution < 1.29 is 13.2 Å². The van der Waals surface area contributed by atoms with E-state index in [-0.39, 0.29) is 18.5 Å². The van der Waals surface area contributed by atoms with E-state index in [0.29, 0.717) is 18.5 Å². The van der Waals surface area contributed by atoms with E-state index in [4.69, 9.17) is 0 Å². The molecule has 0 radical (unpaired) electrons. The molecule has 2 aliphatic heterocycles. The Balaban J connectivity index is 1.69. The first-order chi connectivity index (χ1) is 12.4. The van der Waals surface area contributed by atoms with Gasteiger partial charge >= 0.3 is 0 Å². The van der Waals surface area contributed by atoms with Gasteiger partial charge in [0, 0.05) is 31.7 Å². The van der Waals surface area contributed by atoms with Gasteiger partial charge in [-0.1, -0.05) is 18.2 Å². The van der Waals surface area contributed by atoms with Crippen LogP contribution in [0.25, 0.3) is 0 Å². The maximum absolute atomic E-state index is 13.1. The molecule has 2 heterocycles. The van der Waals surface area contributed by atoms with Gasteiger partial charge in [0.25, 0.3) is 5.91 Å². The molecule has 2 saturated heterocycles. The number of benzene rings is 1. The molecule has 1 aromatic rings. The smallest absolute Gasteiger partial charge is 0.253 e. The Labute approximate surface area is 156 Å². The molecule has 1 aromatic carbocycles. The van der Waals surface area contributed by atoms with Crippen LogP contribution >= 0.6 is 0 Å². The summed E-state index contributed by atoms with van der Waals surface area (Å²) in [6.07, 6.45) is 3.08. The van der Waals surface area contributed by atoms with E-state index in [1.165, 1.54) is 0 Å². The van der Waals surface area contributed by atoms with Gasteiger partial charge in [0.2, 0.25) is 10.0 Å². The molecule has 3 rings (SSSR count). The summed E-state index contributed by atoms with van der Waals surface area (Å²) < 4.78 is 27.9. The van der Waals surface area contributed by atoms with Crippen LogP contribution in [0.5, 0.6) is 0 Å². The number of hydrogen-bond donors (Lipinski definition) is 0. The number of rotatable bonds is 4. The van der Waals surface area contributed by atoms with Gasteiger partial charge in [-0.15, -0.1) is 0 Å². The second-order valence-electron chi connectivity index (χ2n) is 7.48. The maximum atomic E-state index is 13.1. The first-order valence-electron chi connectivity index (χ1n) is 9.39. The van der Waals surface area contributed by atoms with E-state index in [1.54, 1.807) is 28.4 Å². The molecule has 0 aromatic heterocycles. The lowest BCUT2D eigenvalue weighted by molar-refractivity contribution is 0.0725. The molecule has 0 spiro atoms. The van der Waals surface area contributed by atoms with Crippen molar-refractivity contribution in [3.05, 3.63) is 35.9 Å². The molecule has 26 heavy (non-hydrogen) atoms. The largest absolute Gasteiger partial charge is 0.337 e. The van der Waals surface area contributed by atoms with E-state index in [1.807, 2.05) is 18.2 Å². The summed E-state index contributed by atoms with van der Waals surface area (Å²) in [6, 6.07) is 9.17. The van der Waals surface area contributed by atoms with Crippen molar-refractivity contribution in [2.45, 2.75) is 37.0 Å². The molecule has 6 nitrogen and oxygen atoms in total. The van der Waals surface area contributed by atoms with Crippen molar-refractivity contribution in [2.75, 3.05) is 40.3 Å². The average molecular weight is 380 g/mol. The van der Waals surface area contributed by atoms with Crippen molar-refractivity contribution in [1.29, 1.82) is 0 Å². The van der Waals surface area contributed by atoms with Crippen LogP contribution in [-0.4, -0.2) is 80.0 Å². The first kappa shape index (κ1) is 19.3. The van der Waals surface area contributed by atoms with Crippen LogP contribution in [0.1, 0.15) is 36.0 Å². The van der Waals surface area contributed by atoms with Gasteiger partial charge in [-0.2, -0.15) is 0 Å². The molecule has 0 N–H and O–H groups in total. The Morgan fingerprint density at radius 3 is 2.38 bits per heavy atom. The van der Waals surface area contributed by atoms with Crippen LogP contribution < -0.4 is 0 Å². The van der Waals surface area contributed by atoms with Crippen LogP contribution in [0.3, 0.4) is 0 Å². The molecule has 1 amide bonds. The monoisotopic (exact) mass is 379 g/mol. The Hall–Kier alpha value is -1.44. The molecule has 1 atom stereocenters. The number of sulfonamides is 1. The molecule has 0 bridgehead atoms. The van der Waals surface area contributed by atoms with Crippen LogP contribution in [0.2, 0.25) is 0 Å². The predicted molar refractivity (Wildman–Crippen MR) is 103 cm³/mol. The highest BCUT2D eigenvalue weighted by Crippen LogP contribution is 2.25. The highest BCUT2D eigenvalue weighted by Gasteiger charge is 2.38. The Kier molecular flexibility index (Phi) is 5.99. The Bertz CT molecular complexity index is 715. The minimum Gasteiger partial charge on any atom is -0.337 e. The van der Waals surface area contributed by atoms with Gasteiger partial charge in [-0.3, -0.25) is 4.79 Å². The van der Waals surface area contributed by atoms with Gasteiger partial charge in [-0.25, -0.2) is 12.7 Å². The zero-order valence-corrected chi connectivity index (χ0v) is 16.5. The summed E-state index contributed by atoms with van der Waals surface area (Å²) in [4.78, 5) is 16.6. The summed E-state index contributed by atoms with van der Waals surface area (Å²) in [5.74, 6) is -0.0764. The lowest BCUT2D eigenvalue weighted by Gasteiger charge is -2.39. The normalized spacial score (nSPS) is 23.3. The third-order valence-corrected chi connectivity index (χ3v) is 8.04. The summed E-state index contributed by atoms with van der Waals surface area (Å²) >= 11 is 0.